The number of ether oxygens (including phenoxy) is 1. The second-order valence-electron chi connectivity index (χ2n) is 6.37. The van der Waals surface area contributed by atoms with Gasteiger partial charge < -0.3 is 10.1 Å². The van der Waals surface area contributed by atoms with E-state index in [4.69, 9.17) is 4.74 Å². The van der Waals surface area contributed by atoms with Gasteiger partial charge in [0.15, 0.2) is 6.61 Å². The summed E-state index contributed by atoms with van der Waals surface area (Å²) in [6.07, 6.45) is 7.63. The van der Waals surface area contributed by atoms with E-state index in [2.05, 4.69) is 5.32 Å². The molecule has 1 aliphatic heterocycles. The van der Waals surface area contributed by atoms with Gasteiger partial charge in [-0.15, -0.1) is 0 Å². The highest BCUT2D eigenvalue weighted by atomic mass is 16.5. The molecule has 1 aromatic carbocycles. The summed E-state index contributed by atoms with van der Waals surface area (Å²) < 4.78 is 5.05. The Morgan fingerprint density at radius 2 is 1.77 bits per heavy atom. The molecule has 2 aliphatic rings. The second kappa shape index (κ2) is 7.95. The van der Waals surface area contributed by atoms with Gasteiger partial charge in [-0.2, -0.15) is 0 Å². The van der Waals surface area contributed by atoms with Gasteiger partial charge in [0.25, 0.3) is 17.7 Å². The largest absolute Gasteiger partial charge is 0.452 e. The molecule has 0 bridgehead atoms. The van der Waals surface area contributed by atoms with Crippen LogP contribution in [-0.4, -0.2) is 36.3 Å². The summed E-state index contributed by atoms with van der Waals surface area (Å²) >= 11 is 0. The molecule has 136 valence electrons. The van der Waals surface area contributed by atoms with Crippen LogP contribution in [0.5, 0.6) is 0 Å². The molecule has 3 amide bonds. The number of benzene rings is 1. The summed E-state index contributed by atoms with van der Waals surface area (Å²) in [4.78, 5) is 48.5. The first-order valence-corrected chi connectivity index (χ1v) is 8.67. The first-order valence-electron chi connectivity index (χ1n) is 8.67. The molecule has 0 saturated heterocycles. The van der Waals surface area contributed by atoms with Gasteiger partial charge in [-0.1, -0.05) is 25.3 Å². The third-order valence-electron chi connectivity index (χ3n) is 4.45. The van der Waals surface area contributed by atoms with Crippen molar-refractivity contribution in [3.63, 3.8) is 0 Å². The van der Waals surface area contributed by atoms with Gasteiger partial charge in [-0.05, 0) is 31.0 Å². The summed E-state index contributed by atoms with van der Waals surface area (Å²) in [7, 11) is 0. The molecule has 1 aromatic rings. The lowest BCUT2D eigenvalue weighted by Crippen LogP contribution is -2.38. The Kier molecular flexibility index (Phi) is 5.46. The molecule has 0 aromatic heterocycles. The Balaban J connectivity index is 1.56. The maximum absolute atomic E-state index is 12.2. The van der Waals surface area contributed by atoms with E-state index in [1.54, 1.807) is 12.1 Å². The standard InChI is InChI=1S/C19H20N2O5/c22-16(20-14-6-2-1-3-7-14)12-26-19(25)13-5-4-8-15(11-13)21-17(23)9-10-18(21)24/h4-5,8-11,14H,1-3,6-7,12H2,(H,20,22). The summed E-state index contributed by atoms with van der Waals surface area (Å²) in [5, 5.41) is 2.87. The van der Waals surface area contributed by atoms with E-state index in [1.165, 1.54) is 30.7 Å². The van der Waals surface area contributed by atoms with E-state index < -0.39 is 17.8 Å². The highest BCUT2D eigenvalue weighted by Crippen LogP contribution is 2.21. The normalized spacial score (nSPS) is 17.5. The summed E-state index contributed by atoms with van der Waals surface area (Å²) in [5.41, 5.74) is 0.451. The van der Waals surface area contributed by atoms with Crippen LogP contribution < -0.4 is 10.2 Å². The summed E-state index contributed by atoms with van der Waals surface area (Å²) in [6, 6.07) is 6.15. The first kappa shape index (κ1) is 17.8. The molecule has 1 aliphatic carbocycles. The van der Waals surface area contributed by atoms with Gasteiger partial charge in [0, 0.05) is 18.2 Å². The van der Waals surface area contributed by atoms with Crippen molar-refractivity contribution in [1.82, 2.24) is 5.32 Å². The fraction of sp³-hybridized carbons (Fsp3) is 0.368. The van der Waals surface area contributed by atoms with Gasteiger partial charge >= 0.3 is 5.97 Å². The molecule has 3 rings (SSSR count). The van der Waals surface area contributed by atoms with Crippen molar-refractivity contribution in [2.24, 2.45) is 0 Å². The average molecular weight is 356 g/mol. The lowest BCUT2D eigenvalue weighted by molar-refractivity contribution is -0.125. The van der Waals surface area contributed by atoms with Gasteiger partial charge in [0.1, 0.15) is 0 Å². The highest BCUT2D eigenvalue weighted by Gasteiger charge is 2.26. The Bertz CT molecular complexity index is 747. The number of anilines is 1. The smallest absolute Gasteiger partial charge is 0.338 e. The maximum Gasteiger partial charge on any atom is 0.338 e. The first-order chi connectivity index (χ1) is 12.5. The van der Waals surface area contributed by atoms with Crippen molar-refractivity contribution < 1.29 is 23.9 Å². The Morgan fingerprint density at radius 1 is 1.08 bits per heavy atom. The van der Waals surface area contributed by atoms with E-state index in [9.17, 15) is 19.2 Å². The monoisotopic (exact) mass is 356 g/mol. The number of carbonyl (C=O) groups is 4. The van der Waals surface area contributed by atoms with Crippen molar-refractivity contribution >= 4 is 29.4 Å². The minimum absolute atomic E-state index is 0.151. The zero-order chi connectivity index (χ0) is 18.5. The van der Waals surface area contributed by atoms with Gasteiger partial charge in [-0.25, -0.2) is 9.69 Å². The van der Waals surface area contributed by atoms with E-state index in [-0.39, 0.29) is 29.8 Å². The third kappa shape index (κ3) is 4.17. The van der Waals surface area contributed by atoms with E-state index >= 15 is 0 Å². The molecule has 7 heteroatoms. The number of hydrogen-bond donors (Lipinski definition) is 1. The number of esters is 1. The molecule has 1 fully saturated rings. The molecule has 0 atom stereocenters. The topological polar surface area (TPSA) is 92.8 Å². The summed E-state index contributed by atoms with van der Waals surface area (Å²) in [5.74, 6) is -1.94. The van der Waals surface area contributed by atoms with Crippen LogP contribution in [-0.2, 0) is 19.1 Å². The SMILES string of the molecule is O=C(COC(=O)c1cccc(N2C(=O)C=CC2=O)c1)NC1CCCCC1. The van der Waals surface area contributed by atoms with Crippen LogP contribution in [0.4, 0.5) is 5.69 Å². The van der Waals surface area contributed by atoms with Crippen LogP contribution >= 0.6 is 0 Å². The molecule has 1 heterocycles. The average Bonchev–Trinajstić information content (AvgIpc) is 2.99. The minimum Gasteiger partial charge on any atom is -0.452 e. The van der Waals surface area contributed by atoms with Crippen LogP contribution in [0, 0.1) is 0 Å². The van der Waals surface area contributed by atoms with E-state index in [0.717, 1.165) is 30.6 Å². The Morgan fingerprint density at radius 3 is 2.46 bits per heavy atom. The van der Waals surface area contributed by atoms with Crippen LogP contribution in [0.3, 0.4) is 0 Å². The van der Waals surface area contributed by atoms with Crippen LogP contribution in [0.15, 0.2) is 36.4 Å². The van der Waals surface area contributed by atoms with E-state index in [1.807, 2.05) is 0 Å². The Hall–Kier alpha value is -2.96. The lowest BCUT2D eigenvalue weighted by atomic mass is 9.95. The number of nitrogens with one attached hydrogen (secondary N) is 1. The molecular weight excluding hydrogens is 336 g/mol. The highest BCUT2D eigenvalue weighted by molar-refractivity contribution is 6.28. The number of nitrogens with zero attached hydrogens (tertiary/aromatic N) is 1. The summed E-state index contributed by atoms with van der Waals surface area (Å²) in [6.45, 7) is -0.358. The van der Waals surface area contributed by atoms with Crippen molar-refractivity contribution in [3.05, 3.63) is 42.0 Å². The van der Waals surface area contributed by atoms with Crippen molar-refractivity contribution in [1.29, 1.82) is 0 Å². The molecule has 26 heavy (non-hydrogen) atoms. The maximum atomic E-state index is 12.2. The molecule has 0 radical (unpaired) electrons. The van der Waals surface area contributed by atoms with Gasteiger partial charge in [0.05, 0.1) is 11.3 Å². The predicted molar refractivity (Wildman–Crippen MR) is 93.4 cm³/mol. The third-order valence-corrected chi connectivity index (χ3v) is 4.45. The fourth-order valence-corrected chi connectivity index (χ4v) is 3.16. The van der Waals surface area contributed by atoms with Crippen molar-refractivity contribution in [2.75, 3.05) is 11.5 Å². The van der Waals surface area contributed by atoms with Crippen LogP contribution in [0.2, 0.25) is 0 Å². The second-order valence-corrected chi connectivity index (χ2v) is 6.37. The molecule has 0 unspecified atom stereocenters. The molecule has 1 N–H and O–H groups in total. The number of hydrogen-bond acceptors (Lipinski definition) is 5. The van der Waals surface area contributed by atoms with Crippen molar-refractivity contribution in [3.8, 4) is 0 Å². The predicted octanol–water partition coefficient (Wildman–Crippen LogP) is 1.72. The fourth-order valence-electron chi connectivity index (χ4n) is 3.16. The molecule has 7 nitrogen and oxygen atoms in total. The van der Waals surface area contributed by atoms with Gasteiger partial charge in [-0.3, -0.25) is 14.4 Å². The number of imide groups is 1. The molecule has 0 spiro atoms. The van der Waals surface area contributed by atoms with E-state index in [0.29, 0.717) is 0 Å². The lowest BCUT2D eigenvalue weighted by Gasteiger charge is -2.22. The van der Waals surface area contributed by atoms with Gasteiger partial charge in [0.2, 0.25) is 0 Å². The quantitative estimate of drug-likeness (QED) is 0.641. The molecular formula is C19H20N2O5. The number of carbonyl (C=O) groups excluding carboxylic acids is 4. The van der Waals surface area contributed by atoms with Crippen LogP contribution in [0.25, 0.3) is 0 Å². The zero-order valence-electron chi connectivity index (χ0n) is 14.3. The Labute approximate surface area is 151 Å². The van der Waals surface area contributed by atoms with Crippen molar-refractivity contribution in [2.45, 2.75) is 38.1 Å². The number of amides is 3. The van der Waals surface area contributed by atoms with Crippen LogP contribution in [0.1, 0.15) is 42.5 Å². The number of rotatable bonds is 5. The molecule has 1 saturated carbocycles. The minimum atomic E-state index is -0.683. The zero-order valence-corrected chi connectivity index (χ0v) is 14.3.